The fourth-order valence-corrected chi connectivity index (χ4v) is 1.47. The van der Waals surface area contributed by atoms with Crippen LogP contribution in [-0.2, 0) is 11.8 Å². The average molecular weight is 239 g/mol. The van der Waals surface area contributed by atoms with Gasteiger partial charge in [-0.05, 0) is 25.8 Å². The molecule has 6 heteroatoms. The van der Waals surface area contributed by atoms with E-state index in [1.54, 1.807) is 24.0 Å². The van der Waals surface area contributed by atoms with Crippen molar-refractivity contribution in [3.63, 3.8) is 0 Å². The van der Waals surface area contributed by atoms with E-state index in [1.807, 2.05) is 6.92 Å². The molecule has 6 nitrogen and oxygen atoms in total. The first-order chi connectivity index (χ1) is 7.99. The van der Waals surface area contributed by atoms with Crippen LogP contribution in [0.5, 0.6) is 0 Å². The van der Waals surface area contributed by atoms with E-state index in [1.165, 1.54) is 0 Å². The number of carbonyl (C=O) groups excluding carboxylic acids is 1. The second kappa shape index (κ2) is 6.03. The molecule has 0 spiro atoms. The van der Waals surface area contributed by atoms with Crippen LogP contribution in [0.4, 0.5) is 0 Å². The lowest BCUT2D eigenvalue weighted by atomic mass is 10.1. The molecule has 1 atom stereocenters. The zero-order chi connectivity index (χ0) is 12.8. The molecule has 0 aliphatic rings. The van der Waals surface area contributed by atoms with E-state index in [0.29, 0.717) is 18.5 Å². The van der Waals surface area contributed by atoms with Crippen molar-refractivity contribution < 1.29 is 14.7 Å². The number of hydrogen-bond acceptors (Lipinski definition) is 3. The Labute approximate surface area is 99.6 Å². The van der Waals surface area contributed by atoms with Gasteiger partial charge in [-0.25, -0.2) is 0 Å². The highest BCUT2D eigenvalue weighted by Crippen LogP contribution is 2.02. The highest BCUT2D eigenvalue weighted by atomic mass is 16.4. The Morgan fingerprint density at radius 3 is 2.82 bits per heavy atom. The van der Waals surface area contributed by atoms with Gasteiger partial charge in [0.25, 0.3) is 5.91 Å². The number of aryl methyl sites for hydroxylation is 1. The van der Waals surface area contributed by atoms with Gasteiger partial charge in [0.05, 0.1) is 0 Å². The fraction of sp³-hybridized carbons (Fsp3) is 0.545. The Hall–Kier alpha value is -1.85. The monoisotopic (exact) mass is 239 g/mol. The van der Waals surface area contributed by atoms with Gasteiger partial charge in [-0.3, -0.25) is 14.3 Å². The molecule has 0 bridgehead atoms. The summed E-state index contributed by atoms with van der Waals surface area (Å²) in [5.41, 5.74) is 0.373. The van der Waals surface area contributed by atoms with Gasteiger partial charge in [0, 0.05) is 25.7 Å². The lowest BCUT2D eigenvalue weighted by molar-refractivity contribution is -0.137. The maximum atomic E-state index is 11.7. The molecule has 1 rings (SSSR count). The Bertz CT molecular complexity index is 400. The lowest BCUT2D eigenvalue weighted by Gasteiger charge is -2.11. The second-order valence-electron chi connectivity index (χ2n) is 4.04. The van der Waals surface area contributed by atoms with Crippen LogP contribution in [0.2, 0.25) is 0 Å². The zero-order valence-electron chi connectivity index (χ0n) is 10.0. The van der Waals surface area contributed by atoms with Crippen molar-refractivity contribution in [3.8, 4) is 0 Å². The fourth-order valence-electron chi connectivity index (χ4n) is 1.47. The molecule has 17 heavy (non-hydrogen) atoms. The predicted molar refractivity (Wildman–Crippen MR) is 61.6 cm³/mol. The minimum Gasteiger partial charge on any atom is -0.481 e. The molecule has 2 N–H and O–H groups in total. The molecular weight excluding hydrogens is 222 g/mol. The predicted octanol–water partition coefficient (Wildman–Crippen LogP) is 0.793. The molecule has 0 fully saturated rings. The molecule has 0 aliphatic carbocycles. The van der Waals surface area contributed by atoms with E-state index >= 15 is 0 Å². The SMILES string of the molecule is CC(CCCC(=O)O)NC(=O)c1ccn(C)n1. The summed E-state index contributed by atoms with van der Waals surface area (Å²) in [4.78, 5) is 22.0. The summed E-state index contributed by atoms with van der Waals surface area (Å²) in [6, 6.07) is 1.59. The molecule has 94 valence electrons. The maximum absolute atomic E-state index is 11.7. The molecule has 0 saturated carbocycles. The van der Waals surface area contributed by atoms with Crippen molar-refractivity contribution in [1.82, 2.24) is 15.1 Å². The van der Waals surface area contributed by atoms with Crippen LogP contribution < -0.4 is 5.32 Å². The Kier molecular flexibility index (Phi) is 4.68. The van der Waals surface area contributed by atoms with Crippen molar-refractivity contribution in [2.45, 2.75) is 32.2 Å². The number of aliphatic carboxylic acids is 1. The number of aromatic nitrogens is 2. The van der Waals surface area contributed by atoms with E-state index in [4.69, 9.17) is 5.11 Å². The second-order valence-corrected chi connectivity index (χ2v) is 4.04. The Morgan fingerprint density at radius 1 is 1.59 bits per heavy atom. The number of nitrogens with one attached hydrogen (secondary N) is 1. The van der Waals surface area contributed by atoms with Gasteiger partial charge in [0.15, 0.2) is 0 Å². The van der Waals surface area contributed by atoms with E-state index in [0.717, 1.165) is 0 Å². The van der Waals surface area contributed by atoms with Crippen LogP contribution in [0.15, 0.2) is 12.3 Å². The molecule has 1 aromatic rings. The van der Waals surface area contributed by atoms with E-state index in [-0.39, 0.29) is 18.4 Å². The summed E-state index contributed by atoms with van der Waals surface area (Å²) in [5.74, 6) is -1.04. The van der Waals surface area contributed by atoms with Gasteiger partial charge in [0.1, 0.15) is 5.69 Å². The molecule has 1 heterocycles. The van der Waals surface area contributed by atoms with Gasteiger partial charge in [-0.1, -0.05) is 0 Å². The van der Waals surface area contributed by atoms with Gasteiger partial charge in [0.2, 0.25) is 0 Å². The van der Waals surface area contributed by atoms with Crippen molar-refractivity contribution in [1.29, 1.82) is 0 Å². The van der Waals surface area contributed by atoms with Crippen LogP contribution in [0, 0.1) is 0 Å². The number of carboxylic acids is 1. The number of carboxylic acid groups (broad SMARTS) is 1. The van der Waals surface area contributed by atoms with Gasteiger partial charge in [-0.15, -0.1) is 0 Å². The van der Waals surface area contributed by atoms with Crippen LogP contribution in [0.25, 0.3) is 0 Å². The number of nitrogens with zero attached hydrogens (tertiary/aromatic N) is 2. The molecule has 0 radical (unpaired) electrons. The molecular formula is C11H17N3O3. The van der Waals surface area contributed by atoms with Gasteiger partial charge < -0.3 is 10.4 Å². The minimum absolute atomic E-state index is 0.0520. The first kappa shape index (κ1) is 13.2. The summed E-state index contributed by atoms with van der Waals surface area (Å²) in [6.07, 6.45) is 3.03. The van der Waals surface area contributed by atoms with Crippen LogP contribution in [0.1, 0.15) is 36.7 Å². The van der Waals surface area contributed by atoms with Crippen molar-refractivity contribution >= 4 is 11.9 Å². The third-order valence-corrected chi connectivity index (χ3v) is 2.35. The summed E-state index contributed by atoms with van der Waals surface area (Å²) in [5, 5.41) is 15.2. The molecule has 1 amide bonds. The van der Waals surface area contributed by atoms with Crippen LogP contribution >= 0.6 is 0 Å². The quantitative estimate of drug-likeness (QED) is 0.768. The molecule has 0 aliphatic heterocycles. The molecule has 0 saturated heterocycles. The van der Waals surface area contributed by atoms with Gasteiger partial charge in [-0.2, -0.15) is 5.10 Å². The van der Waals surface area contributed by atoms with E-state index in [2.05, 4.69) is 10.4 Å². The Morgan fingerprint density at radius 2 is 2.29 bits per heavy atom. The lowest BCUT2D eigenvalue weighted by Crippen LogP contribution is -2.32. The third-order valence-electron chi connectivity index (χ3n) is 2.35. The highest BCUT2D eigenvalue weighted by molar-refractivity contribution is 5.92. The highest BCUT2D eigenvalue weighted by Gasteiger charge is 2.12. The van der Waals surface area contributed by atoms with Crippen molar-refractivity contribution in [2.24, 2.45) is 7.05 Å². The maximum Gasteiger partial charge on any atom is 0.303 e. The molecule has 1 aromatic heterocycles. The minimum atomic E-state index is -0.812. The van der Waals surface area contributed by atoms with Crippen molar-refractivity contribution in [2.75, 3.05) is 0 Å². The first-order valence-electron chi connectivity index (χ1n) is 5.51. The largest absolute Gasteiger partial charge is 0.481 e. The zero-order valence-corrected chi connectivity index (χ0v) is 10.0. The van der Waals surface area contributed by atoms with Gasteiger partial charge >= 0.3 is 5.97 Å². The number of carbonyl (C=O) groups is 2. The summed E-state index contributed by atoms with van der Waals surface area (Å²) >= 11 is 0. The van der Waals surface area contributed by atoms with Crippen LogP contribution in [-0.4, -0.2) is 32.8 Å². The smallest absolute Gasteiger partial charge is 0.303 e. The molecule has 0 aromatic carbocycles. The summed E-state index contributed by atoms with van der Waals surface area (Å²) < 4.78 is 1.56. The number of hydrogen-bond donors (Lipinski definition) is 2. The van der Waals surface area contributed by atoms with E-state index < -0.39 is 5.97 Å². The standard InChI is InChI=1S/C11H17N3O3/c1-8(4-3-5-10(15)16)12-11(17)9-6-7-14(2)13-9/h6-8H,3-5H2,1-2H3,(H,12,17)(H,15,16). The normalized spacial score (nSPS) is 12.1. The average Bonchev–Trinajstić information content (AvgIpc) is 2.64. The number of rotatable bonds is 6. The first-order valence-corrected chi connectivity index (χ1v) is 5.51. The topological polar surface area (TPSA) is 84.2 Å². The summed E-state index contributed by atoms with van der Waals surface area (Å²) in [6.45, 7) is 1.85. The summed E-state index contributed by atoms with van der Waals surface area (Å²) in [7, 11) is 1.74. The van der Waals surface area contributed by atoms with Crippen molar-refractivity contribution in [3.05, 3.63) is 18.0 Å². The molecule has 1 unspecified atom stereocenters. The number of amides is 1. The Balaban J connectivity index is 2.33. The van der Waals surface area contributed by atoms with E-state index in [9.17, 15) is 9.59 Å². The van der Waals surface area contributed by atoms with Crippen LogP contribution in [0.3, 0.4) is 0 Å². The third kappa shape index (κ3) is 4.67.